The zero-order valence-corrected chi connectivity index (χ0v) is 14.6. The minimum Gasteiger partial charge on any atom is -0.341 e. The topological polar surface area (TPSA) is 38.1 Å². The normalized spacial score (nSPS) is 16.1. The highest BCUT2D eigenvalue weighted by molar-refractivity contribution is 5.94. The fraction of sp³-hybridized carbons (Fsp3) is 0.333. The summed E-state index contributed by atoms with van der Waals surface area (Å²) in [5, 5.41) is 5.93. The molecule has 0 saturated carbocycles. The van der Waals surface area contributed by atoms with E-state index in [-0.39, 0.29) is 11.9 Å². The van der Waals surface area contributed by atoms with Gasteiger partial charge in [-0.05, 0) is 32.3 Å². The van der Waals surface area contributed by atoms with Gasteiger partial charge >= 0.3 is 0 Å². The molecule has 2 heterocycles. The van der Waals surface area contributed by atoms with Gasteiger partial charge in [-0.3, -0.25) is 9.48 Å². The Morgan fingerprint density at radius 2 is 1.64 bits per heavy atom. The zero-order valence-electron chi connectivity index (χ0n) is 14.6. The summed E-state index contributed by atoms with van der Waals surface area (Å²) in [6.07, 6.45) is 3.43. The number of rotatable bonds is 3. The first-order valence-electron chi connectivity index (χ1n) is 9.07. The Bertz CT molecular complexity index is 879. The van der Waals surface area contributed by atoms with Crippen molar-refractivity contribution in [3.8, 4) is 11.3 Å². The maximum atomic E-state index is 13.0. The number of fused-ring (bicyclic) bond motifs is 1. The molecule has 0 N–H and O–H groups in total. The van der Waals surface area contributed by atoms with Gasteiger partial charge in [0.1, 0.15) is 11.7 Å². The zero-order chi connectivity index (χ0) is 17.2. The summed E-state index contributed by atoms with van der Waals surface area (Å²) in [5.41, 5.74) is 3.03. The van der Waals surface area contributed by atoms with E-state index in [1.54, 1.807) is 0 Å². The number of likely N-dealkylation sites (tertiary alicyclic amines) is 1. The van der Waals surface area contributed by atoms with E-state index in [9.17, 15) is 4.79 Å². The van der Waals surface area contributed by atoms with Crippen LogP contribution < -0.4 is 0 Å². The van der Waals surface area contributed by atoms with Crippen LogP contribution in [0.25, 0.3) is 22.2 Å². The van der Waals surface area contributed by atoms with Gasteiger partial charge in [-0.2, -0.15) is 5.10 Å². The Kier molecular flexibility index (Phi) is 4.26. The third-order valence-electron chi connectivity index (χ3n) is 5.05. The molecular weight excluding hydrogens is 310 g/mol. The van der Waals surface area contributed by atoms with Crippen LogP contribution >= 0.6 is 0 Å². The van der Waals surface area contributed by atoms with Crippen LogP contribution in [-0.4, -0.2) is 33.7 Å². The van der Waals surface area contributed by atoms with E-state index in [1.165, 1.54) is 6.42 Å². The highest BCUT2D eigenvalue weighted by Crippen LogP contribution is 2.30. The number of para-hydroxylation sites is 1. The summed E-state index contributed by atoms with van der Waals surface area (Å²) < 4.78 is 1.90. The molecule has 1 fully saturated rings. The van der Waals surface area contributed by atoms with E-state index >= 15 is 0 Å². The van der Waals surface area contributed by atoms with E-state index in [4.69, 9.17) is 5.10 Å². The van der Waals surface area contributed by atoms with E-state index in [1.807, 2.05) is 46.8 Å². The van der Waals surface area contributed by atoms with Crippen LogP contribution in [0.3, 0.4) is 0 Å². The quantitative estimate of drug-likeness (QED) is 0.717. The monoisotopic (exact) mass is 333 g/mol. The lowest BCUT2D eigenvalue weighted by Crippen LogP contribution is -2.39. The number of hydrogen-bond donors (Lipinski definition) is 0. The third kappa shape index (κ3) is 2.93. The first-order valence-corrected chi connectivity index (χ1v) is 9.07. The van der Waals surface area contributed by atoms with Crippen molar-refractivity contribution in [2.45, 2.75) is 32.2 Å². The minimum atomic E-state index is -0.291. The van der Waals surface area contributed by atoms with Crippen LogP contribution in [0, 0.1) is 0 Å². The number of amides is 1. The first-order chi connectivity index (χ1) is 12.3. The van der Waals surface area contributed by atoms with Gasteiger partial charge in [-0.25, -0.2) is 0 Å². The van der Waals surface area contributed by atoms with Crippen LogP contribution in [0.4, 0.5) is 0 Å². The highest BCUT2D eigenvalue weighted by Gasteiger charge is 2.26. The van der Waals surface area contributed by atoms with E-state index in [0.717, 1.165) is 48.1 Å². The summed E-state index contributed by atoms with van der Waals surface area (Å²) in [5.74, 6) is 0.174. The van der Waals surface area contributed by atoms with Crippen LogP contribution in [-0.2, 0) is 4.79 Å². The number of hydrogen-bond acceptors (Lipinski definition) is 2. The standard InChI is InChI=1S/C21H23N3O/c1-16(21(25)23-14-8-3-9-15-23)24-19-13-7-6-12-18(19)20(22-24)17-10-4-2-5-11-17/h2,4-7,10-13,16H,3,8-9,14-15H2,1H3/t16-/m0/s1. The second kappa shape index (κ2) is 6.71. The molecule has 1 aliphatic heterocycles. The maximum absolute atomic E-state index is 13.0. The second-order valence-electron chi connectivity index (χ2n) is 6.74. The predicted molar refractivity (Wildman–Crippen MR) is 100 cm³/mol. The van der Waals surface area contributed by atoms with Crippen molar-refractivity contribution >= 4 is 16.8 Å². The molecule has 1 atom stereocenters. The van der Waals surface area contributed by atoms with Crippen LogP contribution in [0.15, 0.2) is 54.6 Å². The lowest BCUT2D eigenvalue weighted by atomic mass is 10.1. The van der Waals surface area contributed by atoms with Gasteiger partial charge in [0.25, 0.3) is 0 Å². The Morgan fingerprint density at radius 1 is 0.960 bits per heavy atom. The van der Waals surface area contributed by atoms with Gasteiger partial charge in [0.15, 0.2) is 0 Å². The number of carbonyl (C=O) groups excluding carboxylic acids is 1. The molecule has 4 nitrogen and oxygen atoms in total. The summed E-state index contributed by atoms with van der Waals surface area (Å²) in [4.78, 5) is 14.9. The number of benzene rings is 2. The largest absolute Gasteiger partial charge is 0.341 e. The molecule has 1 aromatic heterocycles. The number of nitrogens with zero attached hydrogens (tertiary/aromatic N) is 3. The number of piperidine rings is 1. The summed E-state index contributed by atoms with van der Waals surface area (Å²) in [6.45, 7) is 3.70. The average Bonchev–Trinajstić information content (AvgIpc) is 3.08. The molecule has 4 heteroatoms. The fourth-order valence-corrected chi connectivity index (χ4v) is 3.68. The molecule has 4 rings (SSSR count). The molecule has 3 aromatic rings. The molecule has 0 bridgehead atoms. The number of aromatic nitrogens is 2. The third-order valence-corrected chi connectivity index (χ3v) is 5.05. The van der Waals surface area contributed by atoms with Gasteiger partial charge in [-0.15, -0.1) is 0 Å². The van der Waals surface area contributed by atoms with Gasteiger partial charge in [-0.1, -0.05) is 48.5 Å². The van der Waals surface area contributed by atoms with Crippen molar-refractivity contribution in [3.63, 3.8) is 0 Å². The molecule has 0 unspecified atom stereocenters. The smallest absolute Gasteiger partial charge is 0.247 e. The van der Waals surface area contributed by atoms with Crippen LogP contribution in [0.1, 0.15) is 32.2 Å². The van der Waals surface area contributed by atoms with E-state index in [2.05, 4.69) is 24.3 Å². The summed E-state index contributed by atoms with van der Waals surface area (Å²) >= 11 is 0. The van der Waals surface area contributed by atoms with Crippen LogP contribution in [0.5, 0.6) is 0 Å². The molecule has 0 aliphatic carbocycles. The highest BCUT2D eigenvalue weighted by atomic mass is 16.2. The number of carbonyl (C=O) groups is 1. The molecule has 2 aromatic carbocycles. The molecule has 128 valence electrons. The van der Waals surface area contributed by atoms with Crippen molar-refractivity contribution in [2.24, 2.45) is 0 Å². The molecule has 0 radical (unpaired) electrons. The molecule has 1 saturated heterocycles. The molecule has 0 spiro atoms. The van der Waals surface area contributed by atoms with E-state index in [0.29, 0.717) is 0 Å². The van der Waals surface area contributed by atoms with Crippen molar-refractivity contribution in [1.82, 2.24) is 14.7 Å². The van der Waals surface area contributed by atoms with Crippen LogP contribution in [0.2, 0.25) is 0 Å². The Labute approximate surface area is 148 Å². The predicted octanol–water partition coefficient (Wildman–Crippen LogP) is 4.28. The van der Waals surface area contributed by atoms with Crippen molar-refractivity contribution in [2.75, 3.05) is 13.1 Å². The molecule has 1 aliphatic rings. The second-order valence-corrected chi connectivity index (χ2v) is 6.74. The van der Waals surface area contributed by atoms with Crippen molar-refractivity contribution < 1.29 is 4.79 Å². The van der Waals surface area contributed by atoms with Gasteiger partial charge < -0.3 is 4.90 Å². The maximum Gasteiger partial charge on any atom is 0.247 e. The van der Waals surface area contributed by atoms with Crippen molar-refractivity contribution in [3.05, 3.63) is 54.6 Å². The van der Waals surface area contributed by atoms with E-state index < -0.39 is 0 Å². The molecule has 1 amide bonds. The Hall–Kier alpha value is -2.62. The average molecular weight is 333 g/mol. The Morgan fingerprint density at radius 3 is 2.40 bits per heavy atom. The summed E-state index contributed by atoms with van der Waals surface area (Å²) in [6, 6.07) is 18.0. The van der Waals surface area contributed by atoms with Crippen molar-refractivity contribution in [1.29, 1.82) is 0 Å². The van der Waals surface area contributed by atoms with Gasteiger partial charge in [0.05, 0.1) is 5.52 Å². The van der Waals surface area contributed by atoms with Gasteiger partial charge in [0.2, 0.25) is 5.91 Å². The minimum absolute atomic E-state index is 0.174. The first kappa shape index (κ1) is 15.9. The fourth-order valence-electron chi connectivity index (χ4n) is 3.68. The SMILES string of the molecule is C[C@@H](C(=O)N1CCCCC1)n1nc(-c2ccccc2)c2ccccc21. The lowest BCUT2D eigenvalue weighted by Gasteiger charge is -2.29. The van der Waals surface area contributed by atoms with Gasteiger partial charge in [0, 0.05) is 24.0 Å². The molecular formula is C21H23N3O. The summed E-state index contributed by atoms with van der Waals surface area (Å²) in [7, 11) is 0. The Balaban J connectivity index is 1.76. The molecule has 25 heavy (non-hydrogen) atoms. The lowest BCUT2D eigenvalue weighted by molar-refractivity contribution is -0.135.